The van der Waals surface area contributed by atoms with Crippen molar-refractivity contribution in [2.45, 2.75) is 13.5 Å². The van der Waals surface area contributed by atoms with Gasteiger partial charge in [0.05, 0.1) is 6.61 Å². The lowest BCUT2D eigenvalue weighted by atomic mass is 10.1. The number of rotatable bonds is 6. The Morgan fingerprint density at radius 3 is 2.52 bits per heavy atom. The fourth-order valence-electron chi connectivity index (χ4n) is 2.13. The first-order chi connectivity index (χ1) is 11.2. The molecule has 0 atom stereocenters. The number of hydrogen-bond donors (Lipinski definition) is 2. The fraction of sp³-hybridized carbons (Fsp3) is 0.211. The molecule has 0 saturated heterocycles. The second-order valence-electron chi connectivity index (χ2n) is 4.98. The summed E-state index contributed by atoms with van der Waals surface area (Å²) < 4.78 is 5.76. The van der Waals surface area contributed by atoms with E-state index in [1.54, 1.807) is 7.05 Å². The Labute approximate surface area is 143 Å². The van der Waals surface area contributed by atoms with Gasteiger partial charge in [-0.2, -0.15) is 0 Å². The molecule has 2 aromatic carbocycles. The van der Waals surface area contributed by atoms with Crippen LogP contribution in [0.2, 0.25) is 0 Å². The zero-order valence-electron chi connectivity index (χ0n) is 13.5. The van der Waals surface area contributed by atoms with Crippen molar-refractivity contribution < 1.29 is 4.74 Å². The first-order valence-electron chi connectivity index (χ1n) is 7.67. The molecule has 0 heterocycles. The molecule has 0 bridgehead atoms. The summed E-state index contributed by atoms with van der Waals surface area (Å²) in [7, 11) is 1.80. The van der Waals surface area contributed by atoms with Crippen molar-refractivity contribution in [3.63, 3.8) is 0 Å². The van der Waals surface area contributed by atoms with Crippen LogP contribution in [0.4, 0.5) is 0 Å². The summed E-state index contributed by atoms with van der Waals surface area (Å²) in [5.74, 6) is 0.883. The quantitative estimate of drug-likeness (QED) is 0.624. The lowest BCUT2D eigenvalue weighted by Crippen LogP contribution is -2.31. The van der Waals surface area contributed by atoms with Gasteiger partial charge in [-0.3, -0.25) is 0 Å². The Kier molecular flexibility index (Phi) is 6.63. The molecule has 23 heavy (non-hydrogen) atoms. The van der Waals surface area contributed by atoms with Crippen molar-refractivity contribution in [2.24, 2.45) is 0 Å². The molecule has 2 N–H and O–H groups in total. The molecule has 0 saturated carbocycles. The van der Waals surface area contributed by atoms with E-state index in [0.29, 0.717) is 18.3 Å². The zero-order chi connectivity index (χ0) is 16.5. The van der Waals surface area contributed by atoms with Gasteiger partial charge in [0.1, 0.15) is 5.75 Å². The summed E-state index contributed by atoms with van der Waals surface area (Å²) in [6.45, 7) is 3.26. The molecule has 0 radical (unpaired) electrons. The van der Waals surface area contributed by atoms with Crippen LogP contribution in [-0.4, -0.2) is 18.8 Å². The van der Waals surface area contributed by atoms with E-state index in [1.807, 2.05) is 25.1 Å². The van der Waals surface area contributed by atoms with Crippen molar-refractivity contribution in [1.29, 1.82) is 0 Å². The molecule has 0 aliphatic carbocycles. The zero-order valence-corrected chi connectivity index (χ0v) is 14.3. The third-order valence-electron chi connectivity index (χ3n) is 3.33. The number of benzene rings is 2. The van der Waals surface area contributed by atoms with Gasteiger partial charge in [-0.15, -0.1) is 0 Å². The largest absolute Gasteiger partial charge is 0.494 e. The molecule has 0 aliphatic heterocycles. The number of hydrogen-bond acceptors (Lipinski definition) is 2. The van der Waals surface area contributed by atoms with E-state index < -0.39 is 0 Å². The van der Waals surface area contributed by atoms with Crippen LogP contribution >= 0.6 is 12.2 Å². The van der Waals surface area contributed by atoms with E-state index in [-0.39, 0.29) is 0 Å². The predicted molar refractivity (Wildman–Crippen MR) is 101 cm³/mol. The lowest BCUT2D eigenvalue weighted by Gasteiger charge is -2.13. The van der Waals surface area contributed by atoms with Crippen LogP contribution in [0.5, 0.6) is 5.75 Å². The average Bonchev–Trinajstić information content (AvgIpc) is 2.60. The molecule has 0 amide bonds. The molecule has 4 heteroatoms. The molecule has 120 valence electrons. The van der Waals surface area contributed by atoms with Crippen molar-refractivity contribution in [3.8, 4) is 5.75 Å². The molecule has 0 aromatic heterocycles. The monoisotopic (exact) mass is 326 g/mol. The highest BCUT2D eigenvalue weighted by Gasteiger charge is 2.05. The Bertz CT molecular complexity index is 668. The van der Waals surface area contributed by atoms with Gasteiger partial charge in [0.15, 0.2) is 5.11 Å². The maximum atomic E-state index is 5.76. The Hall–Kier alpha value is -2.33. The fourth-order valence-corrected chi connectivity index (χ4v) is 2.20. The van der Waals surface area contributed by atoms with Gasteiger partial charge in [0.25, 0.3) is 0 Å². The Morgan fingerprint density at radius 1 is 1.09 bits per heavy atom. The van der Waals surface area contributed by atoms with Gasteiger partial charge in [-0.05, 0) is 36.3 Å². The van der Waals surface area contributed by atoms with E-state index in [4.69, 9.17) is 17.0 Å². The Balaban J connectivity index is 2.14. The minimum Gasteiger partial charge on any atom is -0.494 e. The summed E-state index contributed by atoms with van der Waals surface area (Å²) in [6.07, 6.45) is 4.19. The normalized spacial score (nSPS) is 10.5. The van der Waals surface area contributed by atoms with E-state index in [9.17, 15) is 0 Å². The lowest BCUT2D eigenvalue weighted by molar-refractivity contribution is 0.336. The molecule has 0 aliphatic rings. The Morgan fingerprint density at radius 2 is 1.83 bits per heavy atom. The number of ether oxygens (including phenoxy) is 1. The minimum atomic E-state index is 0.625. The molecular weight excluding hydrogens is 304 g/mol. The van der Waals surface area contributed by atoms with Crippen LogP contribution in [0.25, 0.3) is 12.2 Å². The molecule has 0 unspecified atom stereocenters. The van der Waals surface area contributed by atoms with Crippen LogP contribution in [-0.2, 0) is 6.54 Å². The van der Waals surface area contributed by atoms with Gasteiger partial charge in [0, 0.05) is 19.2 Å². The predicted octanol–water partition coefficient (Wildman–Crippen LogP) is 3.85. The van der Waals surface area contributed by atoms with Crippen LogP contribution in [0, 0.1) is 0 Å². The van der Waals surface area contributed by atoms with E-state index >= 15 is 0 Å². The van der Waals surface area contributed by atoms with Gasteiger partial charge < -0.3 is 15.4 Å². The molecule has 0 fully saturated rings. The minimum absolute atomic E-state index is 0.625. The summed E-state index contributed by atoms with van der Waals surface area (Å²) in [6, 6.07) is 16.5. The maximum absolute atomic E-state index is 5.76. The molecule has 2 rings (SSSR count). The van der Waals surface area contributed by atoms with Gasteiger partial charge in [-0.1, -0.05) is 54.6 Å². The molecule has 2 aromatic rings. The van der Waals surface area contributed by atoms with Crippen LogP contribution in [0.3, 0.4) is 0 Å². The smallest absolute Gasteiger partial charge is 0.166 e. The second-order valence-corrected chi connectivity index (χ2v) is 5.39. The van der Waals surface area contributed by atoms with E-state index in [0.717, 1.165) is 16.9 Å². The maximum Gasteiger partial charge on any atom is 0.166 e. The summed E-state index contributed by atoms with van der Waals surface area (Å²) >= 11 is 5.11. The van der Waals surface area contributed by atoms with E-state index in [1.165, 1.54) is 5.56 Å². The third-order valence-corrected chi connectivity index (χ3v) is 3.67. The highest BCUT2D eigenvalue weighted by Crippen LogP contribution is 2.22. The average molecular weight is 326 g/mol. The van der Waals surface area contributed by atoms with E-state index in [2.05, 4.69) is 53.1 Å². The van der Waals surface area contributed by atoms with Crippen LogP contribution in [0.15, 0.2) is 48.5 Å². The number of nitrogens with one attached hydrogen (secondary N) is 2. The van der Waals surface area contributed by atoms with Gasteiger partial charge in [-0.25, -0.2) is 0 Å². The summed E-state index contributed by atoms with van der Waals surface area (Å²) in [5.41, 5.74) is 3.37. The molecular formula is C19H22N2OS. The second kappa shape index (κ2) is 8.96. The van der Waals surface area contributed by atoms with Gasteiger partial charge in [0.2, 0.25) is 0 Å². The van der Waals surface area contributed by atoms with Crippen molar-refractivity contribution in [1.82, 2.24) is 10.6 Å². The topological polar surface area (TPSA) is 33.3 Å². The standard InChI is InChI=1S/C19H22N2OS/c1-3-22-18-13-16(10-9-15-7-5-4-6-8-15)11-12-17(18)14-21-19(23)20-2/h4-13H,3,14H2,1-2H3,(H2,20,21,23)/b10-9+. The van der Waals surface area contributed by atoms with Crippen LogP contribution in [0.1, 0.15) is 23.6 Å². The number of thiocarbonyl (C=S) groups is 1. The SMILES string of the molecule is CCOc1cc(/C=C/c2ccccc2)ccc1CNC(=S)NC. The molecule has 0 spiro atoms. The third kappa shape index (κ3) is 5.42. The first-order valence-corrected chi connectivity index (χ1v) is 8.08. The summed E-state index contributed by atoms with van der Waals surface area (Å²) in [5, 5.41) is 6.68. The van der Waals surface area contributed by atoms with Crippen LogP contribution < -0.4 is 15.4 Å². The highest BCUT2D eigenvalue weighted by molar-refractivity contribution is 7.80. The summed E-state index contributed by atoms with van der Waals surface area (Å²) in [4.78, 5) is 0. The highest BCUT2D eigenvalue weighted by atomic mass is 32.1. The first kappa shape index (κ1) is 17.0. The molecule has 3 nitrogen and oxygen atoms in total. The van der Waals surface area contributed by atoms with Crippen molar-refractivity contribution in [3.05, 3.63) is 65.2 Å². The van der Waals surface area contributed by atoms with Crippen molar-refractivity contribution in [2.75, 3.05) is 13.7 Å². The van der Waals surface area contributed by atoms with Gasteiger partial charge >= 0.3 is 0 Å². The van der Waals surface area contributed by atoms with Crippen molar-refractivity contribution >= 4 is 29.5 Å².